The molecule has 0 saturated heterocycles. The van der Waals surface area contributed by atoms with E-state index < -0.39 is 0 Å². The maximum absolute atomic E-state index is 4.18. The molecule has 14 heavy (non-hydrogen) atoms. The zero-order chi connectivity index (χ0) is 10.3. The Hall–Kier alpha value is -0.900. The average Bonchev–Trinajstić information content (AvgIpc) is 2.50. The van der Waals surface area contributed by atoms with Crippen molar-refractivity contribution < 1.29 is 0 Å². The highest BCUT2D eigenvalue weighted by Gasteiger charge is 2.16. The number of hydrogen-bond acceptors (Lipinski definition) is 2. The van der Waals surface area contributed by atoms with Gasteiger partial charge in [-0.1, -0.05) is 20.8 Å². The maximum Gasteiger partial charge on any atom is 0.156 e. The van der Waals surface area contributed by atoms with Gasteiger partial charge in [-0.05, 0) is 39.0 Å². The lowest BCUT2D eigenvalue weighted by molar-refractivity contribution is 0.588. The van der Waals surface area contributed by atoms with Crippen molar-refractivity contribution in [2.75, 3.05) is 0 Å². The second kappa shape index (κ2) is 3.05. The van der Waals surface area contributed by atoms with Crippen molar-refractivity contribution in [2.24, 2.45) is 0 Å². The van der Waals surface area contributed by atoms with Gasteiger partial charge in [-0.2, -0.15) is 5.10 Å². The molecule has 0 saturated carbocycles. The van der Waals surface area contributed by atoms with E-state index in [0.29, 0.717) is 0 Å². The summed E-state index contributed by atoms with van der Waals surface area (Å²) < 4.78 is 2.72. The fourth-order valence-corrected chi connectivity index (χ4v) is 1.84. The molecule has 0 aliphatic carbocycles. The number of fused-ring (bicyclic) bond motifs is 1. The molecule has 0 aliphatic heterocycles. The van der Waals surface area contributed by atoms with Crippen molar-refractivity contribution in [3.05, 3.63) is 28.6 Å². The average molecular weight is 254 g/mol. The Morgan fingerprint density at radius 3 is 2.64 bits per heavy atom. The third kappa shape index (κ3) is 1.54. The van der Waals surface area contributed by atoms with Gasteiger partial charge in [-0.15, -0.1) is 0 Å². The molecule has 4 heteroatoms. The third-order valence-corrected chi connectivity index (χ3v) is 2.77. The molecule has 0 aliphatic rings. The standard InChI is InChI=1S/C10H12BrN3/c1-10(2,3)7-4-8(11)14-9(5-7)12-6-13-14/h4-6H,1-3H3. The Kier molecular flexibility index (Phi) is 2.10. The van der Waals surface area contributed by atoms with Gasteiger partial charge >= 0.3 is 0 Å². The monoisotopic (exact) mass is 253 g/mol. The lowest BCUT2D eigenvalue weighted by Gasteiger charge is -2.19. The van der Waals surface area contributed by atoms with Crippen LogP contribution in [0, 0.1) is 0 Å². The summed E-state index contributed by atoms with van der Waals surface area (Å²) in [4.78, 5) is 4.18. The van der Waals surface area contributed by atoms with E-state index in [9.17, 15) is 0 Å². The Morgan fingerprint density at radius 2 is 2.00 bits per heavy atom. The Bertz CT molecular complexity index is 468. The van der Waals surface area contributed by atoms with Gasteiger partial charge in [0, 0.05) is 0 Å². The quantitative estimate of drug-likeness (QED) is 0.676. The molecule has 0 atom stereocenters. The molecule has 0 aromatic carbocycles. The van der Waals surface area contributed by atoms with E-state index in [-0.39, 0.29) is 5.41 Å². The van der Waals surface area contributed by atoms with Gasteiger partial charge in [-0.25, -0.2) is 9.50 Å². The van der Waals surface area contributed by atoms with Crippen LogP contribution in [-0.2, 0) is 5.41 Å². The molecule has 3 nitrogen and oxygen atoms in total. The molecule has 0 spiro atoms. The first-order valence-corrected chi connectivity index (χ1v) is 5.27. The second-order valence-corrected chi connectivity index (χ2v) is 5.16. The minimum Gasteiger partial charge on any atom is -0.215 e. The van der Waals surface area contributed by atoms with Crippen LogP contribution in [0.1, 0.15) is 26.3 Å². The fraction of sp³-hybridized carbons (Fsp3) is 0.400. The Morgan fingerprint density at radius 1 is 1.29 bits per heavy atom. The van der Waals surface area contributed by atoms with Crippen LogP contribution in [-0.4, -0.2) is 14.6 Å². The zero-order valence-corrected chi connectivity index (χ0v) is 10.0. The van der Waals surface area contributed by atoms with Crippen molar-refractivity contribution >= 4 is 21.6 Å². The summed E-state index contributed by atoms with van der Waals surface area (Å²) in [6, 6.07) is 4.15. The smallest absolute Gasteiger partial charge is 0.156 e. The van der Waals surface area contributed by atoms with Gasteiger partial charge in [-0.3, -0.25) is 0 Å². The van der Waals surface area contributed by atoms with Crippen LogP contribution in [0.15, 0.2) is 23.1 Å². The normalized spacial score (nSPS) is 12.3. The molecule has 0 amide bonds. The molecule has 0 radical (unpaired) electrons. The predicted octanol–water partition coefficient (Wildman–Crippen LogP) is 2.79. The summed E-state index contributed by atoms with van der Waals surface area (Å²) in [6.07, 6.45) is 1.56. The van der Waals surface area contributed by atoms with E-state index in [2.05, 4.69) is 58.9 Å². The Labute approximate surface area is 91.3 Å². The van der Waals surface area contributed by atoms with Crippen molar-refractivity contribution in [1.29, 1.82) is 0 Å². The van der Waals surface area contributed by atoms with E-state index in [1.165, 1.54) is 5.56 Å². The maximum atomic E-state index is 4.18. The second-order valence-electron chi connectivity index (χ2n) is 4.35. The molecule has 0 N–H and O–H groups in total. The van der Waals surface area contributed by atoms with Crippen molar-refractivity contribution in [1.82, 2.24) is 14.6 Å². The lowest BCUT2D eigenvalue weighted by atomic mass is 9.88. The molecule has 74 valence electrons. The highest BCUT2D eigenvalue weighted by atomic mass is 79.9. The predicted molar refractivity (Wildman–Crippen MR) is 59.4 cm³/mol. The summed E-state index contributed by atoms with van der Waals surface area (Å²) >= 11 is 3.48. The SMILES string of the molecule is CC(C)(C)c1cc(Br)n2ncnc2c1. The van der Waals surface area contributed by atoms with Gasteiger partial charge < -0.3 is 0 Å². The van der Waals surface area contributed by atoms with Gasteiger partial charge in [0.2, 0.25) is 0 Å². The minimum atomic E-state index is 0.135. The molecule has 0 fully saturated rings. The molecular weight excluding hydrogens is 242 g/mol. The van der Waals surface area contributed by atoms with Crippen LogP contribution in [0.4, 0.5) is 0 Å². The van der Waals surface area contributed by atoms with Gasteiger partial charge in [0.15, 0.2) is 5.65 Å². The third-order valence-electron chi connectivity index (χ3n) is 2.20. The summed E-state index contributed by atoms with van der Waals surface area (Å²) in [5, 5.41) is 4.10. The van der Waals surface area contributed by atoms with Gasteiger partial charge in [0.25, 0.3) is 0 Å². The molecule has 0 bridgehead atoms. The number of aromatic nitrogens is 3. The molecular formula is C10H12BrN3. The molecule has 2 aromatic rings. The van der Waals surface area contributed by atoms with E-state index in [1.807, 2.05) is 0 Å². The number of hydrogen-bond donors (Lipinski definition) is 0. The highest BCUT2D eigenvalue weighted by molar-refractivity contribution is 9.10. The summed E-state index contributed by atoms with van der Waals surface area (Å²) in [5.74, 6) is 0. The summed E-state index contributed by atoms with van der Waals surface area (Å²) in [6.45, 7) is 6.55. The van der Waals surface area contributed by atoms with Crippen molar-refractivity contribution in [3.63, 3.8) is 0 Å². The molecule has 2 rings (SSSR count). The van der Waals surface area contributed by atoms with E-state index in [0.717, 1.165) is 10.3 Å². The minimum absolute atomic E-state index is 0.135. The van der Waals surface area contributed by atoms with Crippen molar-refractivity contribution in [2.45, 2.75) is 26.2 Å². The summed E-state index contributed by atoms with van der Waals surface area (Å²) in [7, 11) is 0. The van der Waals surface area contributed by atoms with Crippen molar-refractivity contribution in [3.8, 4) is 0 Å². The number of halogens is 1. The van der Waals surface area contributed by atoms with Crippen LogP contribution < -0.4 is 0 Å². The van der Waals surface area contributed by atoms with E-state index in [1.54, 1.807) is 10.8 Å². The van der Waals surface area contributed by atoms with Crippen LogP contribution in [0.2, 0.25) is 0 Å². The topological polar surface area (TPSA) is 30.2 Å². The zero-order valence-electron chi connectivity index (χ0n) is 8.45. The molecule has 0 unspecified atom stereocenters. The fourth-order valence-electron chi connectivity index (χ4n) is 1.32. The number of rotatable bonds is 0. The summed E-state index contributed by atoms with van der Waals surface area (Å²) in [5.41, 5.74) is 2.27. The van der Waals surface area contributed by atoms with Gasteiger partial charge in [0.1, 0.15) is 10.9 Å². The number of nitrogens with zero attached hydrogens (tertiary/aromatic N) is 3. The first-order valence-electron chi connectivity index (χ1n) is 4.48. The van der Waals surface area contributed by atoms with E-state index in [4.69, 9.17) is 0 Å². The van der Waals surface area contributed by atoms with Crippen LogP contribution >= 0.6 is 15.9 Å². The number of pyridine rings is 1. The molecule has 2 aromatic heterocycles. The highest BCUT2D eigenvalue weighted by Crippen LogP contribution is 2.25. The Balaban J connectivity index is 2.70. The van der Waals surface area contributed by atoms with Gasteiger partial charge in [0.05, 0.1) is 0 Å². The largest absolute Gasteiger partial charge is 0.215 e. The first-order chi connectivity index (χ1) is 6.48. The molecule has 2 heterocycles. The van der Waals surface area contributed by atoms with Crippen LogP contribution in [0.5, 0.6) is 0 Å². The van der Waals surface area contributed by atoms with E-state index >= 15 is 0 Å². The van der Waals surface area contributed by atoms with Crippen LogP contribution in [0.25, 0.3) is 5.65 Å². The lowest BCUT2D eigenvalue weighted by Crippen LogP contribution is -2.11. The van der Waals surface area contributed by atoms with Crippen LogP contribution in [0.3, 0.4) is 0 Å². The first kappa shape index (κ1) is 9.65.